The molecule has 176 valence electrons. The van der Waals surface area contributed by atoms with Gasteiger partial charge >= 0.3 is 5.97 Å². The van der Waals surface area contributed by atoms with E-state index >= 15 is 0 Å². The van der Waals surface area contributed by atoms with Crippen molar-refractivity contribution in [3.8, 4) is 34.1 Å². The Bertz CT molecular complexity index is 930. The number of ether oxygens (including phenoxy) is 7. The molecular weight excluding hydrogens is 420 g/mol. The van der Waals surface area contributed by atoms with Crippen LogP contribution in [0.5, 0.6) is 23.0 Å². The predicted molar refractivity (Wildman–Crippen MR) is 117 cm³/mol. The van der Waals surface area contributed by atoms with Gasteiger partial charge in [0.25, 0.3) is 6.48 Å². The predicted octanol–water partition coefficient (Wildman–Crippen LogP) is 3.18. The van der Waals surface area contributed by atoms with E-state index in [-0.39, 0.29) is 11.3 Å². The molecule has 32 heavy (non-hydrogen) atoms. The van der Waals surface area contributed by atoms with Gasteiger partial charge in [-0.15, -0.1) is 0 Å². The molecule has 0 saturated carbocycles. The largest absolute Gasteiger partial charge is 0.507 e. The van der Waals surface area contributed by atoms with E-state index in [0.29, 0.717) is 23.7 Å². The fourth-order valence-corrected chi connectivity index (χ4v) is 3.62. The van der Waals surface area contributed by atoms with Crippen LogP contribution in [0.25, 0.3) is 11.1 Å². The minimum atomic E-state index is -0.583. The zero-order valence-electron chi connectivity index (χ0n) is 19.4. The second kappa shape index (κ2) is 11.6. The van der Waals surface area contributed by atoms with E-state index in [0.717, 1.165) is 28.7 Å². The second-order valence-electron chi connectivity index (χ2n) is 6.69. The first-order valence-corrected chi connectivity index (χ1v) is 9.75. The van der Waals surface area contributed by atoms with Crippen LogP contribution in [0.3, 0.4) is 0 Å². The Kier molecular flexibility index (Phi) is 9.13. The summed E-state index contributed by atoms with van der Waals surface area (Å²) in [5.74, 6) is 1.04. The molecule has 0 radical (unpaired) electrons. The summed E-state index contributed by atoms with van der Waals surface area (Å²) in [5.41, 5.74) is 3.79. The minimum Gasteiger partial charge on any atom is -0.507 e. The molecule has 2 aromatic carbocycles. The highest BCUT2D eigenvalue weighted by molar-refractivity contribution is 5.95. The topological polar surface area (TPSA) is 102 Å². The van der Waals surface area contributed by atoms with Gasteiger partial charge in [0.2, 0.25) is 5.75 Å². The molecular formula is C23H30O9. The lowest BCUT2D eigenvalue weighted by Gasteiger charge is -2.25. The van der Waals surface area contributed by atoms with E-state index in [1.165, 1.54) is 28.4 Å². The van der Waals surface area contributed by atoms with E-state index in [1.54, 1.807) is 33.5 Å². The van der Waals surface area contributed by atoms with Crippen molar-refractivity contribution >= 4 is 5.97 Å². The van der Waals surface area contributed by atoms with Crippen molar-refractivity contribution in [2.24, 2.45) is 0 Å². The molecule has 0 heterocycles. The summed E-state index contributed by atoms with van der Waals surface area (Å²) in [4.78, 5) is 11.9. The lowest BCUT2D eigenvalue weighted by molar-refractivity contribution is -0.252. The molecule has 1 aliphatic rings. The lowest BCUT2D eigenvalue weighted by Crippen LogP contribution is -2.14. The van der Waals surface area contributed by atoms with Gasteiger partial charge in [-0.25, -0.2) is 4.79 Å². The number of phenols is 1. The average molecular weight is 450 g/mol. The van der Waals surface area contributed by atoms with Crippen LogP contribution in [-0.4, -0.2) is 67.3 Å². The van der Waals surface area contributed by atoms with Crippen LogP contribution in [0.2, 0.25) is 0 Å². The zero-order valence-corrected chi connectivity index (χ0v) is 19.4. The first kappa shape index (κ1) is 25.3. The van der Waals surface area contributed by atoms with Crippen molar-refractivity contribution in [1.29, 1.82) is 0 Å². The van der Waals surface area contributed by atoms with Crippen LogP contribution in [0.4, 0.5) is 0 Å². The Morgan fingerprint density at radius 3 is 1.91 bits per heavy atom. The Morgan fingerprint density at radius 2 is 1.44 bits per heavy atom. The zero-order chi connectivity index (χ0) is 23.8. The van der Waals surface area contributed by atoms with Gasteiger partial charge < -0.3 is 38.3 Å². The molecule has 3 rings (SSSR count). The third kappa shape index (κ3) is 5.07. The molecule has 0 aromatic heterocycles. The summed E-state index contributed by atoms with van der Waals surface area (Å²) < 4.78 is 35.0. The number of aryl methyl sites for hydroxylation is 1. The SMILES string of the molecule is COC(=O)c1cc2c(cc1O)CCc1c-2cc(OC)c(OC)c1OC.COC(OC)OC. The quantitative estimate of drug-likeness (QED) is 0.503. The molecule has 0 unspecified atom stereocenters. The highest BCUT2D eigenvalue weighted by Crippen LogP contribution is 2.49. The maximum Gasteiger partial charge on any atom is 0.341 e. The Hall–Kier alpha value is -3.01. The monoisotopic (exact) mass is 450 g/mol. The molecule has 0 atom stereocenters. The number of aromatic hydroxyl groups is 1. The van der Waals surface area contributed by atoms with Gasteiger partial charge in [0.1, 0.15) is 11.3 Å². The van der Waals surface area contributed by atoms with Gasteiger partial charge in [-0.2, -0.15) is 0 Å². The molecule has 0 spiro atoms. The van der Waals surface area contributed by atoms with Gasteiger partial charge in [-0.3, -0.25) is 0 Å². The highest BCUT2D eigenvalue weighted by atomic mass is 16.8. The molecule has 1 N–H and O–H groups in total. The Morgan fingerprint density at radius 1 is 0.812 bits per heavy atom. The van der Waals surface area contributed by atoms with Crippen LogP contribution in [0, 0.1) is 0 Å². The van der Waals surface area contributed by atoms with Crippen molar-refractivity contribution in [3.05, 3.63) is 34.9 Å². The standard InChI is InChI=1S/C19H20O6.C4H10O3/c1-22-16-9-13-11(17(23-2)18(16)24-3)6-5-10-7-15(20)14(8-12(10)13)19(21)25-4;1-5-4(6-2)7-3/h7-9,20H,5-6H2,1-4H3;4H,1-3H3. The number of phenolic OH excluding ortho intramolecular Hbond substituents is 1. The molecule has 9 nitrogen and oxygen atoms in total. The summed E-state index contributed by atoms with van der Waals surface area (Å²) >= 11 is 0. The van der Waals surface area contributed by atoms with E-state index in [9.17, 15) is 9.90 Å². The van der Waals surface area contributed by atoms with Crippen molar-refractivity contribution in [2.45, 2.75) is 19.3 Å². The summed E-state index contributed by atoms with van der Waals surface area (Å²) in [6.45, 7) is -0.514. The summed E-state index contributed by atoms with van der Waals surface area (Å²) in [6, 6.07) is 5.14. The van der Waals surface area contributed by atoms with Gasteiger partial charge in [-0.1, -0.05) is 0 Å². The first-order valence-electron chi connectivity index (χ1n) is 9.75. The lowest BCUT2D eigenvalue weighted by atomic mass is 9.83. The Labute approximate surface area is 187 Å². The van der Waals surface area contributed by atoms with Gasteiger partial charge in [-0.05, 0) is 47.7 Å². The molecule has 0 saturated heterocycles. The van der Waals surface area contributed by atoms with Gasteiger partial charge in [0.15, 0.2) is 11.5 Å². The van der Waals surface area contributed by atoms with E-state index in [4.69, 9.17) is 18.9 Å². The molecule has 0 bridgehead atoms. The van der Waals surface area contributed by atoms with Crippen LogP contribution in [0.15, 0.2) is 18.2 Å². The molecule has 0 fully saturated rings. The molecule has 2 aromatic rings. The smallest absolute Gasteiger partial charge is 0.341 e. The number of hydrogen-bond donors (Lipinski definition) is 1. The number of esters is 1. The normalized spacial score (nSPS) is 11.6. The molecule has 1 aliphatic carbocycles. The second-order valence-corrected chi connectivity index (χ2v) is 6.69. The maximum atomic E-state index is 11.9. The third-order valence-corrected chi connectivity index (χ3v) is 5.07. The van der Waals surface area contributed by atoms with E-state index < -0.39 is 12.4 Å². The number of fused-ring (bicyclic) bond motifs is 3. The number of methoxy groups -OCH3 is 7. The molecule has 9 heteroatoms. The fraction of sp³-hybridized carbons (Fsp3) is 0.435. The minimum absolute atomic E-state index is 0.0820. The molecule has 0 amide bonds. The van der Waals surface area contributed by atoms with Crippen molar-refractivity contribution < 1.29 is 43.1 Å². The summed E-state index contributed by atoms with van der Waals surface area (Å²) in [6.07, 6.45) is 1.44. The first-order chi connectivity index (χ1) is 15.4. The van der Waals surface area contributed by atoms with Crippen molar-refractivity contribution in [1.82, 2.24) is 0 Å². The van der Waals surface area contributed by atoms with Crippen LogP contribution in [-0.2, 0) is 31.8 Å². The number of carbonyl (C=O) groups excluding carboxylic acids is 1. The maximum absolute atomic E-state index is 11.9. The van der Waals surface area contributed by atoms with Gasteiger partial charge in [0.05, 0.1) is 28.4 Å². The summed E-state index contributed by atoms with van der Waals surface area (Å²) in [7, 11) is 10.5. The third-order valence-electron chi connectivity index (χ3n) is 5.07. The number of rotatable bonds is 7. The molecule has 0 aliphatic heterocycles. The van der Waals surface area contributed by atoms with Crippen LogP contribution < -0.4 is 14.2 Å². The average Bonchev–Trinajstić information content (AvgIpc) is 2.82. The number of carbonyl (C=O) groups is 1. The Balaban J connectivity index is 0.000000451. The number of benzene rings is 2. The summed E-state index contributed by atoms with van der Waals surface area (Å²) in [5, 5.41) is 10.1. The number of hydrogen-bond acceptors (Lipinski definition) is 9. The fourth-order valence-electron chi connectivity index (χ4n) is 3.62. The highest BCUT2D eigenvalue weighted by Gasteiger charge is 2.27. The van der Waals surface area contributed by atoms with E-state index in [2.05, 4.69) is 14.2 Å². The van der Waals surface area contributed by atoms with Crippen LogP contribution >= 0.6 is 0 Å². The van der Waals surface area contributed by atoms with Gasteiger partial charge in [0, 0.05) is 26.9 Å². The van der Waals surface area contributed by atoms with Crippen molar-refractivity contribution in [3.63, 3.8) is 0 Å². The van der Waals surface area contributed by atoms with Crippen LogP contribution in [0.1, 0.15) is 21.5 Å². The van der Waals surface area contributed by atoms with E-state index in [1.807, 2.05) is 6.07 Å². The van der Waals surface area contributed by atoms with Crippen molar-refractivity contribution in [2.75, 3.05) is 49.8 Å².